The third kappa shape index (κ3) is 4.33. The second kappa shape index (κ2) is 7.61. The van der Waals surface area contributed by atoms with Gasteiger partial charge in [-0.15, -0.1) is 0 Å². The molecular weight excluding hydrogens is 280 g/mol. The second-order valence-electron chi connectivity index (χ2n) is 5.00. The monoisotopic (exact) mass is 300 g/mol. The van der Waals surface area contributed by atoms with Crippen LogP contribution in [-0.2, 0) is 15.1 Å². The largest absolute Gasteiger partial charge is 0.514 e. The Bertz CT molecular complexity index is 583. The molecule has 1 unspecified atom stereocenters. The van der Waals surface area contributed by atoms with E-state index in [-0.39, 0.29) is 6.61 Å². The van der Waals surface area contributed by atoms with Gasteiger partial charge in [-0.3, -0.25) is 0 Å². The first kappa shape index (κ1) is 16.0. The number of carbonyl (C=O) groups is 1. The highest BCUT2D eigenvalue weighted by Gasteiger charge is 2.32. The van der Waals surface area contributed by atoms with E-state index in [1.54, 1.807) is 24.3 Å². The quantitative estimate of drug-likeness (QED) is 0.593. The van der Waals surface area contributed by atoms with Crippen molar-refractivity contribution in [2.75, 3.05) is 13.2 Å². The summed E-state index contributed by atoms with van der Waals surface area (Å²) in [7, 11) is 0. The van der Waals surface area contributed by atoms with Gasteiger partial charge < -0.3 is 14.2 Å². The number of rotatable bonds is 6. The first-order valence-corrected chi connectivity index (χ1v) is 7.23. The van der Waals surface area contributed by atoms with Crippen LogP contribution in [0.5, 0.6) is 5.75 Å². The summed E-state index contributed by atoms with van der Waals surface area (Å²) in [6.45, 7) is 4.51. The smallest absolute Gasteiger partial charge is 0.420 e. The van der Waals surface area contributed by atoms with E-state index in [1.807, 2.05) is 50.2 Å². The lowest BCUT2D eigenvalue weighted by atomic mass is 9.97. The minimum absolute atomic E-state index is 0.261. The highest BCUT2D eigenvalue weighted by atomic mass is 16.7. The topological polar surface area (TPSA) is 44.8 Å². The molecule has 0 aliphatic heterocycles. The molecular formula is C18H20O4. The Labute approximate surface area is 130 Å². The van der Waals surface area contributed by atoms with E-state index in [1.165, 1.54) is 0 Å². The van der Waals surface area contributed by atoms with Crippen LogP contribution in [0.3, 0.4) is 0 Å². The zero-order chi connectivity index (χ0) is 15.8. The molecule has 116 valence electrons. The number of para-hydroxylation sites is 1. The zero-order valence-electron chi connectivity index (χ0n) is 12.8. The van der Waals surface area contributed by atoms with Gasteiger partial charge in [0.05, 0.1) is 6.61 Å². The van der Waals surface area contributed by atoms with Crippen LogP contribution in [0.15, 0.2) is 60.7 Å². The standard InChI is InChI=1S/C18H20O4/c1-3-20-14-18(2,15-10-6-4-7-11-15)22-17(19)21-16-12-8-5-9-13-16/h4-13H,3,14H2,1-2H3. The van der Waals surface area contributed by atoms with Gasteiger partial charge in [-0.1, -0.05) is 48.5 Å². The average molecular weight is 300 g/mol. The van der Waals surface area contributed by atoms with Crippen LogP contribution in [0.25, 0.3) is 0 Å². The van der Waals surface area contributed by atoms with Crippen molar-refractivity contribution in [1.82, 2.24) is 0 Å². The highest BCUT2D eigenvalue weighted by Crippen LogP contribution is 2.27. The molecule has 2 aromatic carbocycles. The summed E-state index contributed by atoms with van der Waals surface area (Å²) in [6.07, 6.45) is -0.753. The minimum atomic E-state index is -0.900. The molecule has 0 aromatic heterocycles. The van der Waals surface area contributed by atoms with Crippen LogP contribution in [-0.4, -0.2) is 19.4 Å². The molecule has 22 heavy (non-hydrogen) atoms. The molecule has 0 amide bonds. The van der Waals surface area contributed by atoms with E-state index in [9.17, 15) is 4.79 Å². The Morgan fingerprint density at radius 3 is 2.18 bits per heavy atom. The average Bonchev–Trinajstić information content (AvgIpc) is 2.54. The maximum absolute atomic E-state index is 12.1. The molecule has 0 bridgehead atoms. The van der Waals surface area contributed by atoms with Crippen LogP contribution in [0, 0.1) is 0 Å². The van der Waals surface area contributed by atoms with Crippen LogP contribution >= 0.6 is 0 Å². The van der Waals surface area contributed by atoms with Crippen molar-refractivity contribution in [3.63, 3.8) is 0 Å². The number of hydrogen-bond acceptors (Lipinski definition) is 4. The minimum Gasteiger partial charge on any atom is -0.420 e. The van der Waals surface area contributed by atoms with Crippen LogP contribution in [0.4, 0.5) is 4.79 Å². The van der Waals surface area contributed by atoms with E-state index in [4.69, 9.17) is 14.2 Å². The number of benzene rings is 2. The molecule has 0 fully saturated rings. The first-order valence-electron chi connectivity index (χ1n) is 7.23. The predicted molar refractivity (Wildman–Crippen MR) is 83.8 cm³/mol. The van der Waals surface area contributed by atoms with Crippen LogP contribution in [0.2, 0.25) is 0 Å². The lowest BCUT2D eigenvalue weighted by molar-refractivity contribution is -0.0608. The summed E-state index contributed by atoms with van der Waals surface area (Å²) in [5, 5.41) is 0. The lowest BCUT2D eigenvalue weighted by Crippen LogP contribution is -2.35. The van der Waals surface area contributed by atoms with Gasteiger partial charge >= 0.3 is 6.16 Å². The Morgan fingerprint density at radius 1 is 1.00 bits per heavy atom. The predicted octanol–water partition coefficient (Wildman–Crippen LogP) is 4.15. The van der Waals surface area contributed by atoms with Crippen molar-refractivity contribution in [2.45, 2.75) is 19.4 Å². The van der Waals surface area contributed by atoms with Gasteiger partial charge in [0.2, 0.25) is 0 Å². The fourth-order valence-electron chi connectivity index (χ4n) is 2.05. The molecule has 0 N–H and O–H groups in total. The summed E-state index contributed by atoms with van der Waals surface area (Å²) < 4.78 is 16.2. The van der Waals surface area contributed by atoms with Gasteiger partial charge in [0.1, 0.15) is 5.75 Å². The summed E-state index contributed by atoms with van der Waals surface area (Å²) in [4.78, 5) is 12.1. The number of carbonyl (C=O) groups excluding carboxylic acids is 1. The van der Waals surface area contributed by atoms with E-state index < -0.39 is 11.8 Å². The number of hydrogen-bond donors (Lipinski definition) is 0. The zero-order valence-corrected chi connectivity index (χ0v) is 12.8. The second-order valence-corrected chi connectivity index (χ2v) is 5.00. The van der Waals surface area contributed by atoms with Gasteiger partial charge in [0.25, 0.3) is 0 Å². The fourth-order valence-corrected chi connectivity index (χ4v) is 2.05. The third-order valence-corrected chi connectivity index (χ3v) is 3.22. The molecule has 0 aliphatic carbocycles. The number of ether oxygens (including phenoxy) is 3. The summed E-state index contributed by atoms with van der Waals surface area (Å²) in [5.74, 6) is 0.444. The van der Waals surface area contributed by atoms with E-state index in [0.717, 1.165) is 5.56 Å². The summed E-state index contributed by atoms with van der Waals surface area (Å²) in [5.41, 5.74) is -0.0446. The molecule has 4 nitrogen and oxygen atoms in total. The van der Waals surface area contributed by atoms with Gasteiger partial charge in [-0.05, 0) is 31.5 Å². The molecule has 4 heteroatoms. The Morgan fingerprint density at radius 2 is 1.59 bits per heavy atom. The van der Waals surface area contributed by atoms with Gasteiger partial charge in [0.15, 0.2) is 5.60 Å². The Balaban J connectivity index is 2.11. The van der Waals surface area contributed by atoms with Crippen molar-refractivity contribution in [3.8, 4) is 5.75 Å². The lowest BCUT2D eigenvalue weighted by Gasteiger charge is -2.29. The van der Waals surface area contributed by atoms with Crippen LogP contribution < -0.4 is 4.74 Å². The van der Waals surface area contributed by atoms with Crippen molar-refractivity contribution < 1.29 is 19.0 Å². The molecule has 1 atom stereocenters. The SMILES string of the molecule is CCOCC(C)(OC(=O)Oc1ccccc1)c1ccccc1. The van der Waals surface area contributed by atoms with E-state index >= 15 is 0 Å². The molecule has 2 aromatic rings. The maximum atomic E-state index is 12.1. The molecule has 2 rings (SSSR count). The molecule has 0 heterocycles. The highest BCUT2D eigenvalue weighted by molar-refractivity contribution is 5.64. The fraction of sp³-hybridized carbons (Fsp3) is 0.278. The van der Waals surface area contributed by atoms with Crippen molar-refractivity contribution >= 4 is 6.16 Å². The van der Waals surface area contributed by atoms with Gasteiger partial charge in [0, 0.05) is 6.61 Å². The maximum Gasteiger partial charge on any atom is 0.514 e. The summed E-state index contributed by atoms with van der Waals surface area (Å²) in [6, 6.07) is 18.3. The summed E-state index contributed by atoms with van der Waals surface area (Å²) >= 11 is 0. The van der Waals surface area contributed by atoms with Crippen molar-refractivity contribution in [2.24, 2.45) is 0 Å². The van der Waals surface area contributed by atoms with Crippen molar-refractivity contribution in [1.29, 1.82) is 0 Å². The van der Waals surface area contributed by atoms with Crippen LogP contribution in [0.1, 0.15) is 19.4 Å². The Hall–Kier alpha value is -2.33. The normalized spacial score (nSPS) is 13.2. The third-order valence-electron chi connectivity index (χ3n) is 3.22. The van der Waals surface area contributed by atoms with E-state index in [2.05, 4.69) is 0 Å². The van der Waals surface area contributed by atoms with Gasteiger partial charge in [-0.2, -0.15) is 0 Å². The Kier molecular flexibility index (Phi) is 5.55. The molecule has 0 aliphatic rings. The van der Waals surface area contributed by atoms with E-state index in [0.29, 0.717) is 12.4 Å². The van der Waals surface area contributed by atoms with Crippen molar-refractivity contribution in [3.05, 3.63) is 66.2 Å². The molecule has 0 saturated carbocycles. The molecule has 0 saturated heterocycles. The molecule has 0 spiro atoms. The molecule has 0 radical (unpaired) electrons. The van der Waals surface area contributed by atoms with Gasteiger partial charge in [-0.25, -0.2) is 4.79 Å². The first-order chi connectivity index (χ1) is 10.6.